The lowest BCUT2D eigenvalue weighted by atomic mass is 10.1. The van der Waals surface area contributed by atoms with Gasteiger partial charge in [-0.15, -0.1) is 27.2 Å². The van der Waals surface area contributed by atoms with Crippen LogP contribution >= 0.6 is 17.0 Å². The summed E-state index contributed by atoms with van der Waals surface area (Å²) in [7, 11) is 1.64. The summed E-state index contributed by atoms with van der Waals surface area (Å²) in [6.07, 6.45) is 6.24. The lowest BCUT2D eigenvalue weighted by Crippen LogP contribution is -2.05. The lowest BCUT2D eigenvalue weighted by molar-refractivity contribution is 0.415. The van der Waals surface area contributed by atoms with Crippen molar-refractivity contribution in [2.24, 2.45) is 0 Å². The van der Waals surface area contributed by atoms with E-state index in [4.69, 9.17) is 4.74 Å². The van der Waals surface area contributed by atoms with Crippen LogP contribution in [0.5, 0.6) is 5.75 Å². The van der Waals surface area contributed by atoms with E-state index in [-0.39, 0.29) is 17.0 Å². The number of aryl methyl sites for hydroxylation is 1. The van der Waals surface area contributed by atoms with Crippen molar-refractivity contribution >= 4 is 28.6 Å². The highest BCUT2D eigenvalue weighted by molar-refractivity contribution is 8.93. The minimum Gasteiger partial charge on any atom is -0.497 e. The molecule has 0 fully saturated rings. The smallest absolute Gasteiger partial charge is 0.174 e. The van der Waals surface area contributed by atoms with Crippen LogP contribution in [0.15, 0.2) is 24.3 Å². The summed E-state index contributed by atoms with van der Waals surface area (Å²) in [6.45, 7) is 0.888. The molecule has 6 heteroatoms. The van der Waals surface area contributed by atoms with Crippen molar-refractivity contribution in [1.29, 1.82) is 5.26 Å². The average molecular weight is 375 g/mol. The number of halogens is 1. The molecular formula is C17H19BrN4O. The van der Waals surface area contributed by atoms with Crippen LogP contribution in [0.25, 0.3) is 11.6 Å². The lowest BCUT2D eigenvalue weighted by Gasteiger charge is -2.06. The van der Waals surface area contributed by atoms with Crippen molar-refractivity contribution in [2.45, 2.75) is 32.2 Å². The van der Waals surface area contributed by atoms with Crippen LogP contribution in [-0.2, 0) is 13.0 Å². The maximum atomic E-state index is 9.51. The number of allylic oxidation sites excluding steroid dienone is 1. The molecule has 1 aliphatic heterocycles. The molecule has 0 unspecified atom stereocenters. The minimum atomic E-state index is 0. The van der Waals surface area contributed by atoms with E-state index in [9.17, 15) is 5.26 Å². The Morgan fingerprint density at radius 2 is 2.00 bits per heavy atom. The Morgan fingerprint density at radius 1 is 1.22 bits per heavy atom. The van der Waals surface area contributed by atoms with Crippen molar-refractivity contribution in [3.63, 3.8) is 0 Å². The van der Waals surface area contributed by atoms with Gasteiger partial charge < -0.3 is 9.30 Å². The summed E-state index contributed by atoms with van der Waals surface area (Å²) in [5.41, 5.74) is 1.49. The van der Waals surface area contributed by atoms with Gasteiger partial charge in [0.25, 0.3) is 0 Å². The fraction of sp³-hybridized carbons (Fsp3) is 0.353. The van der Waals surface area contributed by atoms with Crippen LogP contribution in [-0.4, -0.2) is 21.9 Å². The van der Waals surface area contributed by atoms with Gasteiger partial charge in [-0.2, -0.15) is 5.26 Å². The van der Waals surface area contributed by atoms with Gasteiger partial charge >= 0.3 is 0 Å². The summed E-state index contributed by atoms with van der Waals surface area (Å²) in [5.74, 6) is 2.46. The Hall–Kier alpha value is -2.13. The van der Waals surface area contributed by atoms with Crippen LogP contribution in [0.1, 0.15) is 36.5 Å². The molecule has 1 aliphatic rings. The second-order valence-corrected chi connectivity index (χ2v) is 5.35. The zero-order valence-electron chi connectivity index (χ0n) is 13.0. The summed E-state index contributed by atoms with van der Waals surface area (Å²) >= 11 is 0. The van der Waals surface area contributed by atoms with Crippen LogP contribution in [0, 0.1) is 11.3 Å². The first-order chi connectivity index (χ1) is 10.8. The molecular weight excluding hydrogens is 356 g/mol. The van der Waals surface area contributed by atoms with Crippen molar-refractivity contribution in [3.8, 4) is 11.8 Å². The third kappa shape index (κ3) is 3.80. The molecule has 0 saturated carbocycles. The maximum absolute atomic E-state index is 9.51. The Morgan fingerprint density at radius 3 is 2.70 bits per heavy atom. The van der Waals surface area contributed by atoms with Crippen LogP contribution < -0.4 is 4.74 Å². The van der Waals surface area contributed by atoms with Crippen LogP contribution in [0.4, 0.5) is 0 Å². The molecule has 1 aromatic carbocycles. The first kappa shape index (κ1) is 17.2. The normalized spacial score (nSPS) is 14.2. The second kappa shape index (κ2) is 7.93. The third-order valence-electron chi connectivity index (χ3n) is 3.90. The van der Waals surface area contributed by atoms with Gasteiger partial charge in [0.15, 0.2) is 5.82 Å². The first-order valence-electron chi connectivity index (χ1n) is 7.50. The predicted octanol–water partition coefficient (Wildman–Crippen LogP) is 3.66. The van der Waals surface area contributed by atoms with Crippen LogP contribution in [0.3, 0.4) is 0 Å². The van der Waals surface area contributed by atoms with E-state index in [1.807, 2.05) is 30.3 Å². The predicted molar refractivity (Wildman–Crippen MR) is 94.4 cm³/mol. The SMILES string of the molecule is Br.COc1ccc(/C=C(/C#N)c2nnc3n2CCCCC3)cc1. The highest BCUT2D eigenvalue weighted by atomic mass is 79.9. The number of methoxy groups -OCH3 is 1. The minimum absolute atomic E-state index is 0. The third-order valence-corrected chi connectivity index (χ3v) is 3.90. The molecule has 0 atom stereocenters. The van der Waals surface area contributed by atoms with Gasteiger partial charge in [0.1, 0.15) is 17.6 Å². The molecule has 0 bridgehead atoms. The standard InChI is InChI=1S/C17H18N4O.BrH/c1-22-15-8-6-13(7-9-15)11-14(12-18)17-20-19-16-5-3-2-4-10-21(16)17;/h6-9,11H,2-5,10H2,1H3;1H/b14-11-;. The molecule has 1 aromatic heterocycles. The maximum Gasteiger partial charge on any atom is 0.174 e. The fourth-order valence-electron chi connectivity index (χ4n) is 2.70. The summed E-state index contributed by atoms with van der Waals surface area (Å²) in [4.78, 5) is 0. The number of ether oxygens (including phenoxy) is 1. The second-order valence-electron chi connectivity index (χ2n) is 5.35. The number of rotatable bonds is 3. The number of hydrogen-bond donors (Lipinski definition) is 0. The monoisotopic (exact) mass is 374 g/mol. The topological polar surface area (TPSA) is 63.7 Å². The zero-order chi connectivity index (χ0) is 15.4. The van der Waals surface area contributed by atoms with Gasteiger partial charge in [-0.3, -0.25) is 0 Å². The Balaban J connectivity index is 0.00000192. The van der Waals surface area contributed by atoms with Gasteiger partial charge in [0.05, 0.1) is 12.7 Å². The Kier molecular flexibility index (Phi) is 5.94. The van der Waals surface area contributed by atoms with E-state index in [1.165, 1.54) is 6.42 Å². The molecule has 0 saturated heterocycles. The quantitative estimate of drug-likeness (QED) is 0.769. The van der Waals surface area contributed by atoms with E-state index in [0.717, 1.165) is 42.9 Å². The molecule has 0 spiro atoms. The molecule has 2 aromatic rings. The van der Waals surface area contributed by atoms with Crippen molar-refractivity contribution in [3.05, 3.63) is 41.5 Å². The average Bonchev–Trinajstić information content (AvgIpc) is 2.81. The summed E-state index contributed by atoms with van der Waals surface area (Å²) in [6, 6.07) is 9.87. The molecule has 23 heavy (non-hydrogen) atoms. The number of fused-ring (bicyclic) bond motifs is 1. The molecule has 0 N–H and O–H groups in total. The zero-order valence-corrected chi connectivity index (χ0v) is 14.7. The summed E-state index contributed by atoms with van der Waals surface area (Å²) < 4.78 is 7.24. The number of benzene rings is 1. The summed E-state index contributed by atoms with van der Waals surface area (Å²) in [5, 5.41) is 18.0. The molecule has 3 rings (SSSR count). The van der Waals surface area contributed by atoms with Crippen molar-refractivity contribution in [2.75, 3.05) is 7.11 Å². The van der Waals surface area contributed by atoms with Gasteiger partial charge in [0.2, 0.25) is 0 Å². The fourth-order valence-corrected chi connectivity index (χ4v) is 2.70. The van der Waals surface area contributed by atoms with E-state index in [1.54, 1.807) is 7.11 Å². The Labute approximate surface area is 146 Å². The van der Waals surface area contributed by atoms with Crippen molar-refractivity contribution in [1.82, 2.24) is 14.8 Å². The highest BCUT2D eigenvalue weighted by Crippen LogP contribution is 2.22. The largest absolute Gasteiger partial charge is 0.497 e. The number of nitrogens with zero attached hydrogens (tertiary/aromatic N) is 4. The van der Waals surface area contributed by atoms with Gasteiger partial charge in [-0.05, 0) is 36.6 Å². The van der Waals surface area contributed by atoms with E-state index in [2.05, 4.69) is 20.8 Å². The van der Waals surface area contributed by atoms with Crippen LogP contribution in [0.2, 0.25) is 0 Å². The molecule has 0 amide bonds. The Bertz CT molecular complexity index is 728. The van der Waals surface area contributed by atoms with Gasteiger partial charge in [-0.1, -0.05) is 18.6 Å². The number of aromatic nitrogens is 3. The van der Waals surface area contributed by atoms with Crippen molar-refractivity contribution < 1.29 is 4.74 Å². The molecule has 0 radical (unpaired) electrons. The molecule has 0 aliphatic carbocycles. The first-order valence-corrected chi connectivity index (χ1v) is 7.50. The highest BCUT2D eigenvalue weighted by Gasteiger charge is 2.17. The van der Waals surface area contributed by atoms with Gasteiger partial charge in [0, 0.05) is 13.0 Å². The number of hydrogen-bond acceptors (Lipinski definition) is 4. The molecule has 2 heterocycles. The number of nitriles is 1. The molecule has 120 valence electrons. The molecule has 5 nitrogen and oxygen atoms in total. The van der Waals surface area contributed by atoms with Gasteiger partial charge in [-0.25, -0.2) is 0 Å². The van der Waals surface area contributed by atoms with E-state index < -0.39 is 0 Å². The van der Waals surface area contributed by atoms with E-state index in [0.29, 0.717) is 11.4 Å². The van der Waals surface area contributed by atoms with E-state index >= 15 is 0 Å².